The molecule has 1 aromatic carbocycles. The summed E-state index contributed by atoms with van der Waals surface area (Å²) >= 11 is 0. The van der Waals surface area contributed by atoms with E-state index in [9.17, 15) is 9.59 Å². The molecule has 1 fully saturated rings. The summed E-state index contributed by atoms with van der Waals surface area (Å²) in [7, 11) is 0. The zero-order chi connectivity index (χ0) is 19.4. The maximum atomic E-state index is 12.5. The molecular formula is C22H27N3O2. The first-order valence-corrected chi connectivity index (χ1v) is 9.52. The summed E-state index contributed by atoms with van der Waals surface area (Å²) in [6, 6.07) is 11.2. The minimum atomic E-state index is -0.325. The third-order valence-corrected chi connectivity index (χ3v) is 4.95. The van der Waals surface area contributed by atoms with Gasteiger partial charge < -0.3 is 10.6 Å². The van der Waals surface area contributed by atoms with Crippen LogP contribution >= 0.6 is 0 Å². The Hall–Kier alpha value is -2.69. The maximum absolute atomic E-state index is 12.5. The molecule has 3 rings (SSSR count). The second kappa shape index (κ2) is 7.91. The zero-order valence-corrected chi connectivity index (χ0v) is 16.2. The number of hydrogen-bond acceptors (Lipinski definition) is 3. The molecule has 5 nitrogen and oxygen atoms in total. The lowest BCUT2D eigenvalue weighted by Gasteiger charge is -2.19. The van der Waals surface area contributed by atoms with Gasteiger partial charge in [-0.25, -0.2) is 0 Å². The molecule has 2 amide bonds. The first-order valence-electron chi connectivity index (χ1n) is 9.52. The minimum Gasteiger partial charge on any atom is -0.349 e. The molecule has 5 heteroatoms. The number of amides is 2. The topological polar surface area (TPSA) is 71.1 Å². The van der Waals surface area contributed by atoms with E-state index in [1.54, 1.807) is 12.1 Å². The van der Waals surface area contributed by atoms with E-state index >= 15 is 0 Å². The highest BCUT2D eigenvalue weighted by Crippen LogP contribution is 2.23. The number of nitrogens with one attached hydrogen (secondary N) is 2. The molecule has 0 saturated heterocycles. The first kappa shape index (κ1) is 19.1. The Morgan fingerprint density at radius 3 is 2.30 bits per heavy atom. The summed E-state index contributed by atoms with van der Waals surface area (Å²) in [6.45, 7) is 6.44. The molecule has 0 radical (unpaired) electrons. The highest BCUT2D eigenvalue weighted by molar-refractivity contribution is 6.04. The number of rotatable bonds is 4. The van der Waals surface area contributed by atoms with Crippen LogP contribution in [0.5, 0.6) is 0 Å². The number of benzene rings is 1. The normalized spacial score (nSPS) is 14.8. The van der Waals surface area contributed by atoms with Crippen LogP contribution in [-0.4, -0.2) is 22.8 Å². The van der Waals surface area contributed by atoms with Gasteiger partial charge in [0.15, 0.2) is 0 Å². The molecule has 1 aliphatic rings. The quantitative estimate of drug-likeness (QED) is 0.848. The Morgan fingerprint density at radius 1 is 1.00 bits per heavy atom. The highest BCUT2D eigenvalue weighted by atomic mass is 16.2. The Morgan fingerprint density at radius 2 is 1.67 bits per heavy atom. The second-order valence-corrected chi connectivity index (χ2v) is 8.17. The fourth-order valence-electron chi connectivity index (χ4n) is 3.28. The maximum Gasteiger partial charge on any atom is 0.274 e. The lowest BCUT2D eigenvalue weighted by atomic mass is 9.87. The van der Waals surface area contributed by atoms with Crippen molar-refractivity contribution < 1.29 is 9.59 Å². The van der Waals surface area contributed by atoms with E-state index in [-0.39, 0.29) is 29.0 Å². The van der Waals surface area contributed by atoms with Crippen molar-refractivity contribution in [2.75, 3.05) is 5.32 Å². The average molecular weight is 365 g/mol. The number of hydrogen-bond donors (Lipinski definition) is 2. The number of anilines is 1. The van der Waals surface area contributed by atoms with Crippen LogP contribution in [0.2, 0.25) is 0 Å². The summed E-state index contributed by atoms with van der Waals surface area (Å²) in [6.07, 6.45) is 5.86. The van der Waals surface area contributed by atoms with Crippen molar-refractivity contribution in [2.45, 2.75) is 57.9 Å². The molecule has 1 aromatic heterocycles. The SMILES string of the molecule is CC(C)(C)c1ccc(NC(=O)c2cc(C(=O)NC3CCCC3)ccn2)cc1. The van der Waals surface area contributed by atoms with Crippen LogP contribution in [-0.2, 0) is 5.41 Å². The van der Waals surface area contributed by atoms with E-state index < -0.39 is 0 Å². The number of carbonyl (C=O) groups is 2. The van der Waals surface area contributed by atoms with E-state index in [1.165, 1.54) is 11.8 Å². The Bertz CT molecular complexity index is 816. The highest BCUT2D eigenvalue weighted by Gasteiger charge is 2.19. The fourth-order valence-corrected chi connectivity index (χ4v) is 3.28. The second-order valence-electron chi connectivity index (χ2n) is 8.17. The van der Waals surface area contributed by atoms with Crippen molar-refractivity contribution in [1.82, 2.24) is 10.3 Å². The van der Waals surface area contributed by atoms with Crippen LogP contribution in [0, 0.1) is 0 Å². The van der Waals surface area contributed by atoms with Crippen LogP contribution in [0.15, 0.2) is 42.6 Å². The predicted molar refractivity (Wildman–Crippen MR) is 107 cm³/mol. The van der Waals surface area contributed by atoms with Gasteiger partial charge in [0.05, 0.1) is 0 Å². The molecule has 1 aliphatic carbocycles. The third-order valence-electron chi connectivity index (χ3n) is 4.95. The van der Waals surface area contributed by atoms with Crippen LogP contribution < -0.4 is 10.6 Å². The summed E-state index contributed by atoms with van der Waals surface area (Å²) in [5, 5.41) is 5.88. The summed E-state index contributed by atoms with van der Waals surface area (Å²) in [4.78, 5) is 29.0. The van der Waals surface area contributed by atoms with Gasteiger partial charge in [-0.1, -0.05) is 45.7 Å². The molecule has 0 atom stereocenters. The Balaban J connectivity index is 1.67. The molecule has 0 aliphatic heterocycles. The van der Waals surface area contributed by atoms with Crippen LogP contribution in [0.1, 0.15) is 72.9 Å². The predicted octanol–water partition coefficient (Wildman–Crippen LogP) is 4.30. The van der Waals surface area contributed by atoms with Gasteiger partial charge in [-0.2, -0.15) is 0 Å². The molecule has 1 heterocycles. The molecular weight excluding hydrogens is 338 g/mol. The fraction of sp³-hybridized carbons (Fsp3) is 0.409. The van der Waals surface area contributed by atoms with Crippen LogP contribution in [0.3, 0.4) is 0 Å². The molecule has 0 bridgehead atoms. The molecule has 0 unspecified atom stereocenters. The summed E-state index contributed by atoms with van der Waals surface area (Å²) in [5.41, 5.74) is 2.66. The lowest BCUT2D eigenvalue weighted by Crippen LogP contribution is -2.32. The Labute approximate surface area is 160 Å². The van der Waals surface area contributed by atoms with Crippen molar-refractivity contribution in [3.63, 3.8) is 0 Å². The molecule has 142 valence electrons. The number of aromatic nitrogens is 1. The van der Waals surface area contributed by atoms with E-state index in [1.807, 2.05) is 24.3 Å². The first-order chi connectivity index (χ1) is 12.8. The van der Waals surface area contributed by atoms with Gasteiger partial charge in [-0.15, -0.1) is 0 Å². The van der Waals surface area contributed by atoms with Crippen LogP contribution in [0.25, 0.3) is 0 Å². The van der Waals surface area contributed by atoms with E-state index in [2.05, 4.69) is 36.4 Å². The van der Waals surface area contributed by atoms with Crippen molar-refractivity contribution in [1.29, 1.82) is 0 Å². The Kier molecular flexibility index (Phi) is 5.59. The number of nitrogens with zero attached hydrogens (tertiary/aromatic N) is 1. The summed E-state index contributed by atoms with van der Waals surface area (Å²) in [5.74, 6) is -0.470. The van der Waals surface area contributed by atoms with Gasteiger partial charge in [-0.3, -0.25) is 14.6 Å². The van der Waals surface area contributed by atoms with Gasteiger partial charge in [-0.05, 0) is 48.1 Å². The lowest BCUT2D eigenvalue weighted by molar-refractivity contribution is 0.0937. The van der Waals surface area contributed by atoms with E-state index in [0.717, 1.165) is 25.7 Å². The van der Waals surface area contributed by atoms with Crippen molar-refractivity contribution >= 4 is 17.5 Å². The van der Waals surface area contributed by atoms with Gasteiger partial charge in [0.25, 0.3) is 11.8 Å². The van der Waals surface area contributed by atoms with E-state index in [4.69, 9.17) is 0 Å². The molecule has 0 spiro atoms. The molecule has 1 saturated carbocycles. The largest absolute Gasteiger partial charge is 0.349 e. The van der Waals surface area contributed by atoms with Gasteiger partial charge in [0.2, 0.25) is 0 Å². The van der Waals surface area contributed by atoms with Crippen LogP contribution in [0.4, 0.5) is 5.69 Å². The minimum absolute atomic E-state index is 0.0606. The van der Waals surface area contributed by atoms with Gasteiger partial charge >= 0.3 is 0 Å². The third kappa shape index (κ3) is 4.94. The number of pyridine rings is 1. The standard InChI is InChI=1S/C22H27N3O2/c1-22(2,3)16-8-10-18(11-9-16)25-21(27)19-14-15(12-13-23-19)20(26)24-17-6-4-5-7-17/h8-14,17H,4-7H2,1-3H3,(H,24,26)(H,25,27). The van der Waals surface area contributed by atoms with Gasteiger partial charge in [0, 0.05) is 23.5 Å². The van der Waals surface area contributed by atoms with Crippen molar-refractivity contribution in [2.24, 2.45) is 0 Å². The van der Waals surface area contributed by atoms with E-state index in [0.29, 0.717) is 11.3 Å². The molecule has 27 heavy (non-hydrogen) atoms. The monoisotopic (exact) mass is 365 g/mol. The average Bonchev–Trinajstić information content (AvgIpc) is 3.14. The molecule has 2 N–H and O–H groups in total. The van der Waals surface area contributed by atoms with Gasteiger partial charge in [0.1, 0.15) is 5.69 Å². The summed E-state index contributed by atoms with van der Waals surface area (Å²) < 4.78 is 0. The number of carbonyl (C=O) groups excluding carboxylic acids is 2. The van der Waals surface area contributed by atoms with Crippen molar-refractivity contribution in [3.05, 3.63) is 59.4 Å². The zero-order valence-electron chi connectivity index (χ0n) is 16.2. The van der Waals surface area contributed by atoms with Crippen molar-refractivity contribution in [3.8, 4) is 0 Å². The smallest absolute Gasteiger partial charge is 0.274 e. The molecule has 2 aromatic rings.